The van der Waals surface area contributed by atoms with Crippen LogP contribution in [0.5, 0.6) is 0 Å². The predicted octanol–water partition coefficient (Wildman–Crippen LogP) is 14.1. The molecule has 2 heteroatoms. The van der Waals surface area contributed by atoms with Gasteiger partial charge in [-0.3, -0.25) is 0 Å². The van der Waals surface area contributed by atoms with Crippen molar-refractivity contribution >= 4 is 77.2 Å². The standard InChI is InChI=1S/C56H46N2/c1-5-21-43-37(13-1)17-9-25-49(43)57(50-26-10-18-38-14-2-6-22-44(38)50)53-35-31-41-30-34-48-54(36-32-42-29-33-47(53)55(41)56(42)48)58(51-27-11-19-39-15-3-7-23-45(39)51)52-28-12-20-40-16-4-8-24-46(40)52/h1,3,5,7,9-13,15,17-21,23,25-31,33-35H,2,4,6,8,14,16,22,24,32,36H2. The van der Waals surface area contributed by atoms with Gasteiger partial charge in [-0.15, -0.1) is 0 Å². The number of aryl methyl sites for hydroxylation is 3. The molecule has 0 radical (unpaired) electrons. The Morgan fingerprint density at radius 2 is 0.828 bits per heavy atom. The summed E-state index contributed by atoms with van der Waals surface area (Å²) in [5.41, 5.74) is 15.4. The van der Waals surface area contributed by atoms with Gasteiger partial charge in [-0.05, 0) is 149 Å². The van der Waals surface area contributed by atoms with Crippen molar-refractivity contribution in [3.05, 3.63) is 191 Å². The third-order valence-corrected chi connectivity index (χ3v) is 13.7. The van der Waals surface area contributed by atoms with Crippen molar-refractivity contribution in [1.29, 1.82) is 0 Å². The summed E-state index contributed by atoms with van der Waals surface area (Å²) >= 11 is 0. The van der Waals surface area contributed by atoms with E-state index in [1.807, 2.05) is 0 Å². The average Bonchev–Trinajstić information content (AvgIpc) is 3.29. The minimum absolute atomic E-state index is 0.984. The Morgan fingerprint density at radius 3 is 1.52 bits per heavy atom. The molecular weight excluding hydrogens is 701 g/mol. The van der Waals surface area contributed by atoms with Crippen molar-refractivity contribution in [3.8, 4) is 0 Å². The van der Waals surface area contributed by atoms with E-state index in [0.717, 1.165) is 38.5 Å². The molecule has 9 aromatic carbocycles. The van der Waals surface area contributed by atoms with Gasteiger partial charge in [0, 0.05) is 38.4 Å². The second-order valence-corrected chi connectivity index (χ2v) is 16.8. The maximum absolute atomic E-state index is 2.68. The number of hydrogen-bond donors (Lipinski definition) is 0. The normalized spacial score (nSPS) is 14.9. The Hall–Kier alpha value is -6.38. The van der Waals surface area contributed by atoms with Gasteiger partial charge in [0.2, 0.25) is 0 Å². The quantitative estimate of drug-likeness (QED) is 0.167. The van der Waals surface area contributed by atoms with Crippen LogP contribution in [0.1, 0.15) is 59.9 Å². The van der Waals surface area contributed by atoms with Crippen LogP contribution >= 0.6 is 0 Å². The molecule has 280 valence electrons. The molecule has 0 fully saturated rings. The zero-order valence-electron chi connectivity index (χ0n) is 33.0. The number of hydrogen-bond acceptors (Lipinski definition) is 2. The average molecular weight is 747 g/mol. The molecule has 2 nitrogen and oxygen atoms in total. The van der Waals surface area contributed by atoms with E-state index in [0.29, 0.717) is 0 Å². The van der Waals surface area contributed by atoms with E-state index in [-0.39, 0.29) is 0 Å². The molecule has 0 atom stereocenters. The smallest absolute Gasteiger partial charge is 0.0541 e. The zero-order chi connectivity index (χ0) is 38.2. The minimum atomic E-state index is 0.984. The third kappa shape index (κ3) is 5.24. The molecule has 9 aromatic rings. The molecule has 0 spiro atoms. The number of benzene rings is 9. The predicted molar refractivity (Wildman–Crippen MR) is 246 cm³/mol. The van der Waals surface area contributed by atoms with Crippen molar-refractivity contribution in [2.45, 2.75) is 64.2 Å². The van der Waals surface area contributed by atoms with Crippen molar-refractivity contribution in [2.75, 3.05) is 9.80 Å². The van der Waals surface area contributed by atoms with Crippen molar-refractivity contribution in [3.63, 3.8) is 0 Å². The topological polar surface area (TPSA) is 6.48 Å². The number of anilines is 5. The fourth-order valence-corrected chi connectivity index (χ4v) is 11.0. The lowest BCUT2D eigenvalue weighted by Gasteiger charge is -2.35. The van der Waals surface area contributed by atoms with Crippen LogP contribution in [0.3, 0.4) is 0 Å². The summed E-state index contributed by atoms with van der Waals surface area (Å²) in [4.78, 5) is 5.30. The maximum Gasteiger partial charge on any atom is 0.0541 e. The largest absolute Gasteiger partial charge is 0.313 e. The minimum Gasteiger partial charge on any atom is -0.313 e. The molecule has 3 aliphatic carbocycles. The monoisotopic (exact) mass is 746 g/mol. The molecule has 0 N–H and O–H groups in total. The van der Waals surface area contributed by atoms with Gasteiger partial charge >= 0.3 is 0 Å². The van der Waals surface area contributed by atoms with Crippen LogP contribution in [0, 0.1) is 0 Å². The third-order valence-electron chi connectivity index (χ3n) is 13.7. The van der Waals surface area contributed by atoms with Crippen molar-refractivity contribution in [2.24, 2.45) is 0 Å². The van der Waals surface area contributed by atoms with Crippen LogP contribution in [0.15, 0.2) is 158 Å². The van der Waals surface area contributed by atoms with E-state index >= 15 is 0 Å². The highest BCUT2D eigenvalue weighted by Crippen LogP contribution is 2.48. The highest BCUT2D eigenvalue weighted by molar-refractivity contribution is 6.18. The molecular formula is C56H46N2. The van der Waals surface area contributed by atoms with Gasteiger partial charge < -0.3 is 9.80 Å². The molecule has 58 heavy (non-hydrogen) atoms. The van der Waals surface area contributed by atoms with Gasteiger partial charge in [0.15, 0.2) is 0 Å². The molecule has 0 aliphatic heterocycles. The highest BCUT2D eigenvalue weighted by Gasteiger charge is 2.28. The first kappa shape index (κ1) is 33.7. The molecule has 12 rings (SSSR count). The summed E-state index contributed by atoms with van der Waals surface area (Å²) in [6.07, 6.45) is 11.6. The fourth-order valence-electron chi connectivity index (χ4n) is 11.0. The Balaban J connectivity index is 1.16. The van der Waals surface area contributed by atoms with E-state index in [9.17, 15) is 0 Å². The highest BCUT2D eigenvalue weighted by atomic mass is 15.2. The molecule has 0 heterocycles. The molecule has 0 bridgehead atoms. The number of fused-ring (bicyclic) bond motifs is 4. The molecule has 0 amide bonds. The first-order valence-electron chi connectivity index (χ1n) is 21.6. The lowest BCUT2D eigenvalue weighted by molar-refractivity contribution is 0.685. The molecule has 0 aromatic heterocycles. The fraction of sp³-hybridized carbons (Fsp3) is 0.179. The van der Waals surface area contributed by atoms with Crippen LogP contribution in [-0.2, 0) is 32.1 Å². The second-order valence-electron chi connectivity index (χ2n) is 16.8. The van der Waals surface area contributed by atoms with E-state index in [1.54, 1.807) is 0 Å². The second kappa shape index (κ2) is 13.6. The summed E-state index contributed by atoms with van der Waals surface area (Å²) < 4.78 is 0. The van der Waals surface area contributed by atoms with Crippen LogP contribution in [0.25, 0.3) is 48.8 Å². The van der Waals surface area contributed by atoms with Gasteiger partial charge in [-0.2, -0.15) is 0 Å². The Kier molecular flexibility index (Phi) is 7.93. The van der Waals surface area contributed by atoms with Crippen LogP contribution in [0.4, 0.5) is 28.4 Å². The van der Waals surface area contributed by atoms with Crippen LogP contribution in [-0.4, -0.2) is 0 Å². The molecule has 0 unspecified atom stereocenters. The lowest BCUT2D eigenvalue weighted by atomic mass is 9.86. The van der Waals surface area contributed by atoms with Crippen molar-refractivity contribution < 1.29 is 0 Å². The first-order valence-corrected chi connectivity index (χ1v) is 21.6. The summed E-state index contributed by atoms with van der Waals surface area (Å²) in [6, 6.07) is 60.2. The van der Waals surface area contributed by atoms with E-state index in [4.69, 9.17) is 0 Å². The Bertz CT molecular complexity index is 3140. The summed E-state index contributed by atoms with van der Waals surface area (Å²) in [5.74, 6) is 0. The van der Waals surface area contributed by atoms with E-state index in [1.165, 1.54) is 136 Å². The van der Waals surface area contributed by atoms with Crippen molar-refractivity contribution in [1.82, 2.24) is 0 Å². The molecule has 0 saturated heterocycles. The lowest BCUT2D eigenvalue weighted by Crippen LogP contribution is -2.28. The van der Waals surface area contributed by atoms with Gasteiger partial charge in [-0.25, -0.2) is 0 Å². The van der Waals surface area contributed by atoms with Gasteiger partial charge in [0.1, 0.15) is 0 Å². The van der Waals surface area contributed by atoms with Gasteiger partial charge in [0.05, 0.1) is 17.1 Å². The zero-order valence-corrected chi connectivity index (χ0v) is 33.0. The number of nitrogens with zero attached hydrogens (tertiary/aromatic N) is 2. The maximum atomic E-state index is 2.68. The van der Waals surface area contributed by atoms with E-state index < -0.39 is 0 Å². The SMILES string of the molecule is c1cc2c(c(N(C3=c4ccc5ccc(N(c6cccc7c6CCCC7)c6cccc7ccccc67)c6ccc(c4c56)CC3)c3cccc4ccccc34)c1)CCCC2. The van der Waals surface area contributed by atoms with E-state index in [2.05, 4.69) is 168 Å². The molecule has 3 aliphatic rings. The molecule has 0 saturated carbocycles. The number of rotatable bonds is 6. The van der Waals surface area contributed by atoms with Crippen LogP contribution in [0.2, 0.25) is 0 Å². The Morgan fingerprint density at radius 1 is 0.293 bits per heavy atom. The summed E-state index contributed by atoms with van der Waals surface area (Å²) in [5, 5.41) is 11.9. The summed E-state index contributed by atoms with van der Waals surface area (Å²) in [6.45, 7) is 0. The van der Waals surface area contributed by atoms with Gasteiger partial charge in [-0.1, -0.05) is 127 Å². The summed E-state index contributed by atoms with van der Waals surface area (Å²) in [7, 11) is 0. The van der Waals surface area contributed by atoms with Crippen LogP contribution < -0.4 is 15.0 Å². The van der Waals surface area contributed by atoms with Gasteiger partial charge in [0.25, 0.3) is 0 Å². The Labute approximate surface area is 340 Å². The first-order chi connectivity index (χ1) is 28.8.